The zero-order valence-corrected chi connectivity index (χ0v) is 11.8. The SMILES string of the molecule is Cc1ccncc1CNS(=O)(=O)c1ccc(NN)cc1. The number of aromatic nitrogens is 1. The average molecular weight is 292 g/mol. The zero-order valence-electron chi connectivity index (χ0n) is 11.0. The molecule has 2 aromatic rings. The summed E-state index contributed by atoms with van der Waals surface area (Å²) in [6, 6.07) is 8.03. The topological polar surface area (TPSA) is 97.1 Å². The minimum Gasteiger partial charge on any atom is -0.324 e. The molecule has 0 saturated heterocycles. The molecule has 6 nitrogen and oxygen atoms in total. The van der Waals surface area contributed by atoms with Crippen molar-refractivity contribution in [2.24, 2.45) is 5.84 Å². The molecular formula is C13H16N4O2S. The Bertz CT molecular complexity index is 684. The van der Waals surface area contributed by atoms with E-state index in [2.05, 4.69) is 15.1 Å². The Morgan fingerprint density at radius 1 is 1.20 bits per heavy atom. The average Bonchev–Trinajstić information content (AvgIpc) is 2.46. The lowest BCUT2D eigenvalue weighted by Gasteiger charge is -2.09. The summed E-state index contributed by atoms with van der Waals surface area (Å²) >= 11 is 0. The molecule has 2 rings (SSSR count). The highest BCUT2D eigenvalue weighted by atomic mass is 32.2. The van der Waals surface area contributed by atoms with Crippen molar-refractivity contribution in [2.45, 2.75) is 18.4 Å². The number of pyridine rings is 1. The van der Waals surface area contributed by atoms with Gasteiger partial charge in [0.1, 0.15) is 0 Å². The molecular weight excluding hydrogens is 276 g/mol. The summed E-state index contributed by atoms with van der Waals surface area (Å²) in [4.78, 5) is 4.18. The molecule has 4 N–H and O–H groups in total. The summed E-state index contributed by atoms with van der Waals surface area (Å²) in [5.74, 6) is 5.24. The van der Waals surface area contributed by atoms with E-state index < -0.39 is 10.0 Å². The normalized spacial score (nSPS) is 11.3. The molecule has 1 aromatic carbocycles. The van der Waals surface area contributed by atoms with Gasteiger partial charge in [-0.3, -0.25) is 10.8 Å². The third kappa shape index (κ3) is 3.32. The Labute approximate surface area is 118 Å². The van der Waals surface area contributed by atoms with Crippen LogP contribution < -0.4 is 16.0 Å². The van der Waals surface area contributed by atoms with Crippen LogP contribution in [-0.2, 0) is 16.6 Å². The van der Waals surface area contributed by atoms with Crippen LogP contribution in [0.3, 0.4) is 0 Å². The number of nitrogen functional groups attached to an aromatic ring is 1. The molecule has 0 aliphatic rings. The second-order valence-electron chi connectivity index (χ2n) is 4.30. The molecule has 1 aromatic heterocycles. The highest BCUT2D eigenvalue weighted by Gasteiger charge is 2.13. The third-order valence-corrected chi connectivity index (χ3v) is 4.35. The summed E-state index contributed by atoms with van der Waals surface area (Å²) in [6.07, 6.45) is 3.32. The van der Waals surface area contributed by atoms with E-state index >= 15 is 0 Å². The number of benzene rings is 1. The van der Waals surface area contributed by atoms with Crippen LogP contribution in [-0.4, -0.2) is 13.4 Å². The first-order valence-corrected chi connectivity index (χ1v) is 7.47. The Morgan fingerprint density at radius 3 is 2.50 bits per heavy atom. The number of hydrogen-bond donors (Lipinski definition) is 3. The number of rotatable bonds is 5. The van der Waals surface area contributed by atoms with E-state index in [0.717, 1.165) is 11.1 Å². The van der Waals surface area contributed by atoms with Gasteiger partial charge in [-0.05, 0) is 48.4 Å². The van der Waals surface area contributed by atoms with Gasteiger partial charge in [0.05, 0.1) is 4.90 Å². The second kappa shape index (κ2) is 6.00. The number of nitrogens with two attached hydrogens (primary N) is 1. The van der Waals surface area contributed by atoms with Crippen LogP contribution in [0.5, 0.6) is 0 Å². The standard InChI is InChI=1S/C13H16N4O2S/c1-10-6-7-15-8-11(10)9-16-20(18,19)13-4-2-12(17-14)3-5-13/h2-8,16-17H,9,14H2,1H3. The molecule has 106 valence electrons. The van der Waals surface area contributed by atoms with Crippen LogP contribution in [0.25, 0.3) is 0 Å². The first kappa shape index (κ1) is 14.4. The first-order chi connectivity index (χ1) is 9.53. The third-order valence-electron chi connectivity index (χ3n) is 2.93. The maximum atomic E-state index is 12.1. The number of hydrazine groups is 1. The highest BCUT2D eigenvalue weighted by molar-refractivity contribution is 7.89. The lowest BCUT2D eigenvalue weighted by molar-refractivity contribution is 0.581. The van der Waals surface area contributed by atoms with Gasteiger partial charge in [-0.1, -0.05) is 0 Å². The summed E-state index contributed by atoms with van der Waals surface area (Å²) < 4.78 is 26.8. The fourth-order valence-corrected chi connectivity index (χ4v) is 2.67. The van der Waals surface area contributed by atoms with E-state index in [0.29, 0.717) is 5.69 Å². The number of hydrogen-bond acceptors (Lipinski definition) is 5. The minimum atomic E-state index is -3.55. The second-order valence-corrected chi connectivity index (χ2v) is 6.06. The Hall–Kier alpha value is -1.96. The number of sulfonamides is 1. The van der Waals surface area contributed by atoms with Crippen molar-refractivity contribution in [1.29, 1.82) is 0 Å². The molecule has 0 bridgehead atoms. The van der Waals surface area contributed by atoms with Crippen LogP contribution in [0, 0.1) is 6.92 Å². The van der Waals surface area contributed by atoms with E-state index in [9.17, 15) is 8.42 Å². The van der Waals surface area contributed by atoms with Gasteiger partial charge < -0.3 is 5.43 Å². The van der Waals surface area contributed by atoms with Crippen molar-refractivity contribution >= 4 is 15.7 Å². The molecule has 0 unspecified atom stereocenters. The monoisotopic (exact) mass is 292 g/mol. The molecule has 0 aliphatic carbocycles. The van der Waals surface area contributed by atoms with Gasteiger partial charge in [0, 0.05) is 24.6 Å². The first-order valence-electron chi connectivity index (χ1n) is 5.99. The van der Waals surface area contributed by atoms with Gasteiger partial charge >= 0.3 is 0 Å². The highest BCUT2D eigenvalue weighted by Crippen LogP contribution is 2.14. The lowest BCUT2D eigenvalue weighted by Crippen LogP contribution is -2.23. The maximum Gasteiger partial charge on any atom is 0.240 e. The molecule has 0 saturated carbocycles. The number of nitrogens with zero attached hydrogens (tertiary/aromatic N) is 1. The van der Waals surface area contributed by atoms with Crippen LogP contribution in [0.1, 0.15) is 11.1 Å². The van der Waals surface area contributed by atoms with Crippen molar-refractivity contribution in [3.63, 3.8) is 0 Å². The Morgan fingerprint density at radius 2 is 1.90 bits per heavy atom. The number of nitrogens with one attached hydrogen (secondary N) is 2. The molecule has 20 heavy (non-hydrogen) atoms. The van der Waals surface area contributed by atoms with Crippen LogP contribution >= 0.6 is 0 Å². The van der Waals surface area contributed by atoms with Crippen LogP contribution in [0.15, 0.2) is 47.6 Å². The molecule has 0 fully saturated rings. The number of aryl methyl sites for hydroxylation is 1. The Kier molecular flexibility index (Phi) is 4.33. The van der Waals surface area contributed by atoms with Gasteiger partial charge in [0.2, 0.25) is 10.0 Å². The quantitative estimate of drug-likeness (QED) is 0.567. The van der Waals surface area contributed by atoms with Crippen molar-refractivity contribution in [2.75, 3.05) is 5.43 Å². The van der Waals surface area contributed by atoms with Crippen LogP contribution in [0.4, 0.5) is 5.69 Å². The predicted molar refractivity (Wildman–Crippen MR) is 77.3 cm³/mol. The predicted octanol–water partition coefficient (Wildman–Crippen LogP) is 1.15. The maximum absolute atomic E-state index is 12.1. The molecule has 0 amide bonds. The molecule has 0 radical (unpaired) electrons. The van der Waals surface area contributed by atoms with Gasteiger partial charge in [-0.15, -0.1) is 0 Å². The minimum absolute atomic E-state index is 0.193. The van der Waals surface area contributed by atoms with Gasteiger partial charge in [0.25, 0.3) is 0 Å². The smallest absolute Gasteiger partial charge is 0.240 e. The zero-order chi connectivity index (χ0) is 14.6. The molecule has 7 heteroatoms. The van der Waals surface area contributed by atoms with Crippen molar-refractivity contribution in [3.05, 3.63) is 53.9 Å². The summed E-state index contributed by atoms with van der Waals surface area (Å²) in [6.45, 7) is 2.12. The molecule has 0 aliphatic heterocycles. The Balaban J connectivity index is 2.13. The van der Waals surface area contributed by atoms with Gasteiger partial charge in [-0.2, -0.15) is 0 Å². The van der Waals surface area contributed by atoms with Crippen molar-refractivity contribution < 1.29 is 8.42 Å². The summed E-state index contributed by atoms with van der Waals surface area (Å²) in [7, 11) is -3.55. The van der Waals surface area contributed by atoms with Crippen LogP contribution in [0.2, 0.25) is 0 Å². The number of anilines is 1. The van der Waals surface area contributed by atoms with Gasteiger partial charge in [-0.25, -0.2) is 13.1 Å². The lowest BCUT2D eigenvalue weighted by atomic mass is 10.2. The molecule has 0 spiro atoms. The van der Waals surface area contributed by atoms with E-state index in [4.69, 9.17) is 5.84 Å². The summed E-state index contributed by atoms with van der Waals surface area (Å²) in [5, 5.41) is 0. The fourth-order valence-electron chi connectivity index (χ4n) is 1.67. The van der Waals surface area contributed by atoms with E-state index in [1.165, 1.54) is 12.1 Å². The fraction of sp³-hybridized carbons (Fsp3) is 0.154. The van der Waals surface area contributed by atoms with Crippen molar-refractivity contribution in [1.82, 2.24) is 9.71 Å². The van der Waals surface area contributed by atoms with Gasteiger partial charge in [0.15, 0.2) is 0 Å². The van der Waals surface area contributed by atoms with Crippen molar-refractivity contribution in [3.8, 4) is 0 Å². The van der Waals surface area contributed by atoms with E-state index in [1.54, 1.807) is 24.5 Å². The van der Waals surface area contributed by atoms with E-state index in [-0.39, 0.29) is 11.4 Å². The largest absolute Gasteiger partial charge is 0.324 e. The summed E-state index contributed by atoms with van der Waals surface area (Å²) in [5.41, 5.74) is 4.93. The molecule has 0 atom stereocenters. The van der Waals surface area contributed by atoms with E-state index in [1.807, 2.05) is 13.0 Å². The molecule has 1 heterocycles.